The van der Waals surface area contributed by atoms with Crippen LogP contribution in [0.4, 0.5) is 0 Å². The molecule has 0 spiro atoms. The molecule has 0 aliphatic heterocycles. The second-order valence-electron chi connectivity index (χ2n) is 4.66. The summed E-state index contributed by atoms with van der Waals surface area (Å²) in [6.07, 6.45) is 0. The van der Waals surface area contributed by atoms with Crippen molar-refractivity contribution in [3.63, 3.8) is 0 Å². The van der Waals surface area contributed by atoms with E-state index in [0.717, 1.165) is 16.9 Å². The number of H-pyrrole nitrogens is 1. The molecule has 0 aliphatic carbocycles. The van der Waals surface area contributed by atoms with Gasteiger partial charge in [-0.1, -0.05) is 42.5 Å². The molecule has 3 aromatic rings. The van der Waals surface area contributed by atoms with Crippen molar-refractivity contribution in [1.82, 2.24) is 15.2 Å². The summed E-state index contributed by atoms with van der Waals surface area (Å²) in [5, 5.41) is 7.14. The van der Waals surface area contributed by atoms with Gasteiger partial charge in [0.15, 0.2) is 5.82 Å². The Bertz CT molecular complexity index is 724. The summed E-state index contributed by atoms with van der Waals surface area (Å²) >= 11 is 0. The first-order valence-corrected chi connectivity index (χ1v) is 6.65. The van der Waals surface area contributed by atoms with E-state index in [1.165, 1.54) is 0 Å². The molecule has 3 rings (SSSR count). The van der Waals surface area contributed by atoms with E-state index in [0.29, 0.717) is 11.6 Å². The molecule has 0 saturated carbocycles. The van der Waals surface area contributed by atoms with E-state index in [1.807, 2.05) is 54.6 Å². The van der Waals surface area contributed by atoms with Crippen molar-refractivity contribution in [2.45, 2.75) is 6.04 Å². The van der Waals surface area contributed by atoms with E-state index in [2.05, 4.69) is 15.2 Å². The van der Waals surface area contributed by atoms with Gasteiger partial charge in [-0.3, -0.25) is 5.10 Å². The molecule has 5 heteroatoms. The SMILES string of the molecule is COc1cccc(C(N)c2nc(-c3ccccc3)n[nH]2)c1. The fourth-order valence-electron chi connectivity index (χ4n) is 2.12. The molecule has 2 aromatic carbocycles. The van der Waals surface area contributed by atoms with Crippen LogP contribution < -0.4 is 10.5 Å². The lowest BCUT2D eigenvalue weighted by Crippen LogP contribution is -2.13. The molecule has 1 unspecified atom stereocenters. The molecule has 0 saturated heterocycles. The Hall–Kier alpha value is -2.66. The van der Waals surface area contributed by atoms with Crippen molar-refractivity contribution in [3.8, 4) is 17.1 Å². The van der Waals surface area contributed by atoms with Gasteiger partial charge < -0.3 is 10.5 Å². The number of aromatic amines is 1. The van der Waals surface area contributed by atoms with Crippen molar-refractivity contribution >= 4 is 0 Å². The van der Waals surface area contributed by atoms with Crippen LogP contribution in [-0.2, 0) is 0 Å². The molecule has 0 bridgehead atoms. The van der Waals surface area contributed by atoms with E-state index in [1.54, 1.807) is 7.11 Å². The molecule has 0 radical (unpaired) electrons. The summed E-state index contributed by atoms with van der Waals surface area (Å²) in [5.41, 5.74) is 8.12. The van der Waals surface area contributed by atoms with Gasteiger partial charge in [-0.2, -0.15) is 5.10 Å². The van der Waals surface area contributed by atoms with Gasteiger partial charge in [0.05, 0.1) is 13.2 Å². The predicted molar refractivity (Wildman–Crippen MR) is 80.8 cm³/mol. The highest BCUT2D eigenvalue weighted by molar-refractivity contribution is 5.54. The second-order valence-corrected chi connectivity index (χ2v) is 4.66. The molecule has 1 heterocycles. The Kier molecular flexibility index (Phi) is 3.66. The van der Waals surface area contributed by atoms with Gasteiger partial charge in [-0.15, -0.1) is 0 Å². The fraction of sp³-hybridized carbons (Fsp3) is 0.125. The number of ether oxygens (including phenoxy) is 1. The molecular weight excluding hydrogens is 264 g/mol. The maximum Gasteiger partial charge on any atom is 0.181 e. The zero-order valence-corrected chi connectivity index (χ0v) is 11.7. The van der Waals surface area contributed by atoms with Crippen LogP contribution in [0, 0.1) is 0 Å². The summed E-state index contributed by atoms with van der Waals surface area (Å²) in [7, 11) is 1.63. The van der Waals surface area contributed by atoms with Crippen molar-refractivity contribution in [2.75, 3.05) is 7.11 Å². The minimum Gasteiger partial charge on any atom is -0.497 e. The summed E-state index contributed by atoms with van der Waals surface area (Å²) in [6.45, 7) is 0. The summed E-state index contributed by atoms with van der Waals surface area (Å²) in [6, 6.07) is 17.0. The van der Waals surface area contributed by atoms with Gasteiger partial charge in [0.2, 0.25) is 0 Å². The number of aromatic nitrogens is 3. The number of methoxy groups -OCH3 is 1. The van der Waals surface area contributed by atoms with Crippen LogP contribution in [0.5, 0.6) is 5.75 Å². The van der Waals surface area contributed by atoms with Gasteiger partial charge in [-0.25, -0.2) is 4.98 Å². The minimum atomic E-state index is -0.370. The number of nitrogens with zero attached hydrogens (tertiary/aromatic N) is 2. The van der Waals surface area contributed by atoms with Crippen LogP contribution in [0.2, 0.25) is 0 Å². The molecule has 0 aliphatic rings. The first-order chi connectivity index (χ1) is 10.3. The topological polar surface area (TPSA) is 76.8 Å². The lowest BCUT2D eigenvalue weighted by molar-refractivity contribution is 0.414. The Morgan fingerprint density at radius 2 is 1.90 bits per heavy atom. The highest BCUT2D eigenvalue weighted by Crippen LogP contribution is 2.22. The zero-order valence-electron chi connectivity index (χ0n) is 11.7. The Morgan fingerprint density at radius 3 is 2.67 bits per heavy atom. The smallest absolute Gasteiger partial charge is 0.181 e. The number of rotatable bonds is 4. The van der Waals surface area contributed by atoms with Crippen LogP contribution in [0.25, 0.3) is 11.4 Å². The highest BCUT2D eigenvalue weighted by atomic mass is 16.5. The first-order valence-electron chi connectivity index (χ1n) is 6.65. The Morgan fingerprint density at radius 1 is 1.10 bits per heavy atom. The number of hydrogen-bond donors (Lipinski definition) is 2. The zero-order chi connectivity index (χ0) is 14.7. The number of nitrogens with one attached hydrogen (secondary N) is 1. The summed E-state index contributed by atoms with van der Waals surface area (Å²) in [5.74, 6) is 2.04. The summed E-state index contributed by atoms with van der Waals surface area (Å²) in [4.78, 5) is 4.48. The molecule has 1 aromatic heterocycles. The third-order valence-corrected chi connectivity index (χ3v) is 3.28. The average molecular weight is 280 g/mol. The van der Waals surface area contributed by atoms with E-state index in [9.17, 15) is 0 Å². The molecule has 106 valence electrons. The third-order valence-electron chi connectivity index (χ3n) is 3.28. The maximum atomic E-state index is 6.24. The van der Waals surface area contributed by atoms with E-state index >= 15 is 0 Å². The molecule has 21 heavy (non-hydrogen) atoms. The molecule has 1 atom stereocenters. The molecule has 0 fully saturated rings. The third kappa shape index (κ3) is 2.78. The molecule has 3 N–H and O–H groups in total. The van der Waals surface area contributed by atoms with Crippen LogP contribution in [0.15, 0.2) is 54.6 Å². The number of hydrogen-bond acceptors (Lipinski definition) is 4. The largest absolute Gasteiger partial charge is 0.497 e. The standard InChI is InChI=1S/C16H16N4O/c1-21-13-9-5-8-12(10-13)14(17)16-18-15(19-20-16)11-6-3-2-4-7-11/h2-10,14H,17H2,1H3,(H,18,19,20). The number of nitrogens with two attached hydrogens (primary N) is 1. The molecule has 5 nitrogen and oxygen atoms in total. The van der Waals surface area contributed by atoms with Gasteiger partial charge in [-0.05, 0) is 17.7 Å². The highest BCUT2D eigenvalue weighted by Gasteiger charge is 2.15. The van der Waals surface area contributed by atoms with Gasteiger partial charge in [0, 0.05) is 5.56 Å². The molecule has 0 amide bonds. The average Bonchev–Trinajstić information content (AvgIpc) is 3.05. The number of benzene rings is 2. The van der Waals surface area contributed by atoms with Crippen LogP contribution >= 0.6 is 0 Å². The monoisotopic (exact) mass is 280 g/mol. The van der Waals surface area contributed by atoms with Crippen molar-refractivity contribution in [1.29, 1.82) is 0 Å². The maximum absolute atomic E-state index is 6.24. The van der Waals surface area contributed by atoms with Crippen molar-refractivity contribution in [3.05, 3.63) is 66.0 Å². The minimum absolute atomic E-state index is 0.370. The normalized spacial score (nSPS) is 12.1. The molecular formula is C16H16N4O. The first kappa shape index (κ1) is 13.3. The van der Waals surface area contributed by atoms with Crippen LogP contribution in [0.1, 0.15) is 17.4 Å². The summed E-state index contributed by atoms with van der Waals surface area (Å²) < 4.78 is 5.21. The Labute approximate surface area is 122 Å². The van der Waals surface area contributed by atoms with Gasteiger partial charge >= 0.3 is 0 Å². The quantitative estimate of drug-likeness (QED) is 0.770. The predicted octanol–water partition coefficient (Wildman–Crippen LogP) is 2.53. The van der Waals surface area contributed by atoms with E-state index < -0.39 is 0 Å². The lowest BCUT2D eigenvalue weighted by Gasteiger charge is -2.09. The Balaban J connectivity index is 1.88. The fourth-order valence-corrected chi connectivity index (χ4v) is 2.12. The van der Waals surface area contributed by atoms with Crippen molar-refractivity contribution < 1.29 is 4.74 Å². The van der Waals surface area contributed by atoms with Crippen molar-refractivity contribution in [2.24, 2.45) is 5.73 Å². The second kappa shape index (κ2) is 5.76. The van der Waals surface area contributed by atoms with E-state index in [4.69, 9.17) is 10.5 Å². The van der Waals surface area contributed by atoms with Crippen LogP contribution in [0.3, 0.4) is 0 Å². The van der Waals surface area contributed by atoms with E-state index in [-0.39, 0.29) is 6.04 Å². The van der Waals surface area contributed by atoms with Gasteiger partial charge in [0.25, 0.3) is 0 Å². The van der Waals surface area contributed by atoms with Crippen LogP contribution in [-0.4, -0.2) is 22.3 Å². The van der Waals surface area contributed by atoms with Gasteiger partial charge in [0.1, 0.15) is 11.6 Å². The lowest BCUT2D eigenvalue weighted by atomic mass is 10.1.